The normalized spacial score (nSPS) is 12.2. The summed E-state index contributed by atoms with van der Waals surface area (Å²) in [5, 5.41) is 3.29. The number of hydrogen-bond donors (Lipinski definition) is 1. The van der Waals surface area contributed by atoms with Gasteiger partial charge < -0.3 is 10.1 Å². The summed E-state index contributed by atoms with van der Waals surface area (Å²) in [6.07, 6.45) is 1.65. The van der Waals surface area contributed by atoms with Crippen molar-refractivity contribution in [3.63, 3.8) is 0 Å². The Hall–Kier alpha value is -0.130. The van der Waals surface area contributed by atoms with Gasteiger partial charge in [0, 0.05) is 7.11 Å². The molecule has 0 aliphatic rings. The van der Waals surface area contributed by atoms with Crippen molar-refractivity contribution in [2.75, 3.05) is 38.3 Å². The van der Waals surface area contributed by atoms with Crippen LogP contribution < -0.4 is 5.32 Å². The standard InChI is InChI=1S/C11H25NO3S/c1-11(2)10-12-6-4-5-8-16(13,14)9-7-15-3/h11-12H,4-10H2,1-3H3. The van der Waals surface area contributed by atoms with Gasteiger partial charge in [0.2, 0.25) is 0 Å². The van der Waals surface area contributed by atoms with E-state index in [1.807, 2.05) is 0 Å². The number of ether oxygens (including phenoxy) is 1. The molecule has 4 nitrogen and oxygen atoms in total. The molecule has 0 aromatic carbocycles. The van der Waals surface area contributed by atoms with Gasteiger partial charge in [-0.2, -0.15) is 0 Å². The van der Waals surface area contributed by atoms with E-state index >= 15 is 0 Å². The first-order valence-corrected chi connectivity index (χ1v) is 7.70. The third-order valence-electron chi connectivity index (χ3n) is 2.21. The summed E-state index contributed by atoms with van der Waals surface area (Å²) in [4.78, 5) is 0. The average molecular weight is 251 g/mol. The first-order chi connectivity index (χ1) is 7.48. The zero-order valence-corrected chi connectivity index (χ0v) is 11.5. The molecule has 0 saturated heterocycles. The predicted molar refractivity (Wildman–Crippen MR) is 67.5 cm³/mol. The van der Waals surface area contributed by atoms with Crippen LogP contribution in [0.1, 0.15) is 26.7 Å². The zero-order chi connectivity index (χ0) is 12.4. The van der Waals surface area contributed by atoms with Crippen LogP contribution in [0.5, 0.6) is 0 Å². The maximum Gasteiger partial charge on any atom is 0.152 e. The van der Waals surface area contributed by atoms with Gasteiger partial charge in [-0.1, -0.05) is 13.8 Å². The maximum atomic E-state index is 11.4. The molecular formula is C11H25NO3S. The van der Waals surface area contributed by atoms with Gasteiger partial charge in [-0.3, -0.25) is 0 Å². The van der Waals surface area contributed by atoms with Gasteiger partial charge >= 0.3 is 0 Å². The average Bonchev–Trinajstić information content (AvgIpc) is 2.20. The number of hydrogen-bond acceptors (Lipinski definition) is 4. The number of methoxy groups -OCH3 is 1. The van der Waals surface area contributed by atoms with Crippen LogP contribution in [-0.2, 0) is 14.6 Å². The lowest BCUT2D eigenvalue weighted by Gasteiger charge is -2.07. The van der Waals surface area contributed by atoms with Crippen LogP contribution in [-0.4, -0.2) is 46.7 Å². The Morgan fingerprint density at radius 1 is 1.19 bits per heavy atom. The topological polar surface area (TPSA) is 55.4 Å². The number of unbranched alkanes of at least 4 members (excludes halogenated alkanes) is 1. The quantitative estimate of drug-likeness (QED) is 0.590. The van der Waals surface area contributed by atoms with Crippen LogP contribution in [0.3, 0.4) is 0 Å². The van der Waals surface area contributed by atoms with Crippen molar-refractivity contribution in [2.45, 2.75) is 26.7 Å². The summed E-state index contributed by atoms with van der Waals surface area (Å²) in [6, 6.07) is 0. The van der Waals surface area contributed by atoms with Crippen LogP contribution >= 0.6 is 0 Å². The summed E-state index contributed by atoms with van der Waals surface area (Å²) in [6.45, 7) is 6.51. The van der Waals surface area contributed by atoms with Crippen molar-refractivity contribution in [1.29, 1.82) is 0 Å². The number of nitrogens with one attached hydrogen (secondary N) is 1. The Morgan fingerprint density at radius 3 is 2.44 bits per heavy atom. The fourth-order valence-electron chi connectivity index (χ4n) is 1.28. The van der Waals surface area contributed by atoms with E-state index in [-0.39, 0.29) is 11.5 Å². The van der Waals surface area contributed by atoms with Gasteiger partial charge in [-0.15, -0.1) is 0 Å². The van der Waals surface area contributed by atoms with Crippen molar-refractivity contribution in [3.05, 3.63) is 0 Å². The van der Waals surface area contributed by atoms with E-state index in [1.54, 1.807) is 0 Å². The van der Waals surface area contributed by atoms with E-state index in [2.05, 4.69) is 19.2 Å². The molecule has 16 heavy (non-hydrogen) atoms. The second kappa shape index (κ2) is 8.96. The van der Waals surface area contributed by atoms with E-state index in [9.17, 15) is 8.42 Å². The molecule has 0 aromatic rings. The molecule has 0 amide bonds. The van der Waals surface area contributed by atoms with Crippen LogP contribution in [0.2, 0.25) is 0 Å². The number of rotatable bonds is 10. The minimum Gasteiger partial charge on any atom is -0.384 e. The first-order valence-electron chi connectivity index (χ1n) is 5.88. The monoisotopic (exact) mass is 251 g/mol. The van der Waals surface area contributed by atoms with Gasteiger partial charge in [-0.25, -0.2) is 8.42 Å². The molecule has 0 spiro atoms. The Labute approximate surface area is 99.7 Å². The summed E-state index contributed by atoms with van der Waals surface area (Å²) >= 11 is 0. The smallest absolute Gasteiger partial charge is 0.152 e. The molecule has 0 heterocycles. The second-order valence-corrected chi connectivity index (χ2v) is 6.75. The SMILES string of the molecule is COCCS(=O)(=O)CCCCNCC(C)C. The van der Waals surface area contributed by atoms with Crippen LogP contribution in [0, 0.1) is 5.92 Å². The first kappa shape index (κ1) is 15.9. The van der Waals surface area contributed by atoms with Crippen molar-refractivity contribution < 1.29 is 13.2 Å². The highest BCUT2D eigenvalue weighted by molar-refractivity contribution is 7.91. The van der Waals surface area contributed by atoms with Crippen LogP contribution in [0.4, 0.5) is 0 Å². The number of sulfone groups is 1. The molecule has 0 saturated carbocycles. The van der Waals surface area contributed by atoms with Gasteiger partial charge in [0.25, 0.3) is 0 Å². The van der Waals surface area contributed by atoms with Crippen molar-refractivity contribution in [2.24, 2.45) is 5.92 Å². The molecule has 0 rings (SSSR count). The van der Waals surface area contributed by atoms with E-state index in [0.29, 0.717) is 12.5 Å². The maximum absolute atomic E-state index is 11.4. The highest BCUT2D eigenvalue weighted by atomic mass is 32.2. The summed E-state index contributed by atoms with van der Waals surface area (Å²) in [5.41, 5.74) is 0. The third-order valence-corrected chi connectivity index (χ3v) is 3.91. The summed E-state index contributed by atoms with van der Waals surface area (Å²) < 4.78 is 27.6. The molecule has 98 valence electrons. The molecular weight excluding hydrogens is 226 g/mol. The molecule has 0 fully saturated rings. The van der Waals surface area contributed by atoms with Gasteiger partial charge in [0.1, 0.15) is 0 Å². The Balaban J connectivity index is 3.43. The van der Waals surface area contributed by atoms with E-state index in [0.717, 1.165) is 25.9 Å². The highest BCUT2D eigenvalue weighted by Crippen LogP contribution is 1.97. The Bertz CT molecular complexity index is 250. The van der Waals surface area contributed by atoms with Crippen molar-refractivity contribution in [1.82, 2.24) is 5.32 Å². The lowest BCUT2D eigenvalue weighted by atomic mass is 10.2. The van der Waals surface area contributed by atoms with Gasteiger partial charge in [-0.05, 0) is 31.8 Å². The molecule has 0 aromatic heterocycles. The van der Waals surface area contributed by atoms with E-state index in [4.69, 9.17) is 4.74 Å². The van der Waals surface area contributed by atoms with Gasteiger partial charge in [0.05, 0.1) is 18.1 Å². The fraction of sp³-hybridized carbons (Fsp3) is 1.00. The van der Waals surface area contributed by atoms with Crippen molar-refractivity contribution >= 4 is 9.84 Å². The molecule has 0 bridgehead atoms. The molecule has 5 heteroatoms. The highest BCUT2D eigenvalue weighted by Gasteiger charge is 2.09. The summed E-state index contributed by atoms with van der Waals surface area (Å²) in [7, 11) is -1.38. The third kappa shape index (κ3) is 10.4. The molecule has 0 unspecified atom stereocenters. The second-order valence-electron chi connectivity index (χ2n) is 4.45. The zero-order valence-electron chi connectivity index (χ0n) is 10.7. The molecule has 1 N–H and O–H groups in total. The van der Waals surface area contributed by atoms with Crippen molar-refractivity contribution in [3.8, 4) is 0 Å². The van der Waals surface area contributed by atoms with Crippen LogP contribution in [0.25, 0.3) is 0 Å². The molecule has 0 atom stereocenters. The van der Waals surface area contributed by atoms with Crippen LogP contribution in [0.15, 0.2) is 0 Å². The molecule has 0 radical (unpaired) electrons. The minimum absolute atomic E-state index is 0.142. The molecule has 0 aliphatic carbocycles. The summed E-state index contributed by atoms with van der Waals surface area (Å²) in [5.74, 6) is 1.06. The molecule has 0 aliphatic heterocycles. The lowest BCUT2D eigenvalue weighted by molar-refractivity contribution is 0.217. The Morgan fingerprint density at radius 2 is 1.88 bits per heavy atom. The Kier molecular flexibility index (Phi) is 8.89. The fourth-order valence-corrected chi connectivity index (χ4v) is 2.54. The predicted octanol–water partition coefficient (Wildman–Crippen LogP) is 1.07. The lowest BCUT2D eigenvalue weighted by Crippen LogP contribution is -2.22. The van der Waals surface area contributed by atoms with Gasteiger partial charge in [0.15, 0.2) is 9.84 Å². The minimum atomic E-state index is -2.90. The van der Waals surface area contributed by atoms with E-state index < -0.39 is 9.84 Å². The van der Waals surface area contributed by atoms with E-state index in [1.165, 1.54) is 7.11 Å². The largest absolute Gasteiger partial charge is 0.384 e.